The molecular weight excluding hydrogens is 465 g/mol. The van der Waals surface area contributed by atoms with Gasteiger partial charge < -0.3 is 15.4 Å². The van der Waals surface area contributed by atoms with Gasteiger partial charge in [-0.25, -0.2) is 12.8 Å². The predicted molar refractivity (Wildman–Crippen MR) is 123 cm³/mol. The van der Waals surface area contributed by atoms with Crippen LogP contribution in [0.4, 0.5) is 15.8 Å². The molecule has 11 heteroatoms. The van der Waals surface area contributed by atoms with Crippen molar-refractivity contribution in [3.63, 3.8) is 0 Å². The van der Waals surface area contributed by atoms with Crippen LogP contribution < -0.4 is 10.6 Å². The Morgan fingerprint density at radius 3 is 2.12 bits per heavy atom. The molecule has 182 valence electrons. The van der Waals surface area contributed by atoms with E-state index < -0.39 is 44.6 Å². The zero-order valence-electron chi connectivity index (χ0n) is 18.8. The second-order valence-electron chi connectivity index (χ2n) is 7.94. The van der Waals surface area contributed by atoms with Crippen LogP contribution in [0, 0.1) is 11.7 Å². The molecule has 34 heavy (non-hydrogen) atoms. The van der Waals surface area contributed by atoms with E-state index >= 15 is 0 Å². The first kappa shape index (κ1) is 25.3. The van der Waals surface area contributed by atoms with Crippen molar-refractivity contribution in [1.29, 1.82) is 0 Å². The molecule has 0 aliphatic carbocycles. The zero-order valence-corrected chi connectivity index (χ0v) is 19.6. The summed E-state index contributed by atoms with van der Waals surface area (Å²) in [5, 5.41) is 5.24. The molecule has 1 aliphatic heterocycles. The maximum Gasteiger partial charge on any atom is 0.309 e. The van der Waals surface area contributed by atoms with Gasteiger partial charge >= 0.3 is 5.97 Å². The number of anilines is 2. The molecule has 1 fully saturated rings. The molecule has 9 nitrogen and oxygen atoms in total. The van der Waals surface area contributed by atoms with Crippen molar-refractivity contribution in [3.8, 4) is 0 Å². The van der Waals surface area contributed by atoms with Gasteiger partial charge in [0, 0.05) is 31.4 Å². The second-order valence-corrected chi connectivity index (χ2v) is 9.84. The Kier molecular flexibility index (Phi) is 8.00. The van der Waals surface area contributed by atoms with E-state index in [0.29, 0.717) is 11.4 Å². The molecule has 2 aromatic carbocycles. The number of carbonyl (C=O) groups is 3. The lowest BCUT2D eigenvalue weighted by atomic mass is 9.98. The van der Waals surface area contributed by atoms with Gasteiger partial charge in [0.25, 0.3) is 5.91 Å². The molecule has 3 rings (SSSR count). The summed E-state index contributed by atoms with van der Waals surface area (Å²) >= 11 is 0. The van der Waals surface area contributed by atoms with Gasteiger partial charge in [0.1, 0.15) is 10.7 Å². The number of benzene rings is 2. The fourth-order valence-corrected chi connectivity index (χ4v) is 5.07. The summed E-state index contributed by atoms with van der Waals surface area (Å²) in [4.78, 5) is 35.6. The summed E-state index contributed by atoms with van der Waals surface area (Å²) in [6, 6.07) is 11.6. The molecule has 2 aromatic rings. The minimum Gasteiger partial charge on any atom is -0.452 e. The van der Waals surface area contributed by atoms with E-state index in [2.05, 4.69) is 10.6 Å². The lowest BCUT2D eigenvalue weighted by molar-refractivity contribution is -0.158. The molecule has 1 atom stereocenters. The van der Waals surface area contributed by atoms with Crippen molar-refractivity contribution >= 4 is 39.2 Å². The second kappa shape index (κ2) is 10.7. The van der Waals surface area contributed by atoms with Crippen LogP contribution in [0.2, 0.25) is 0 Å². The number of nitrogens with one attached hydrogen (secondary N) is 2. The van der Waals surface area contributed by atoms with Gasteiger partial charge in [0.2, 0.25) is 15.9 Å². The number of sulfonamides is 1. The molecule has 1 saturated heterocycles. The molecule has 0 spiro atoms. The molecule has 0 bridgehead atoms. The van der Waals surface area contributed by atoms with Gasteiger partial charge in [-0.1, -0.05) is 12.1 Å². The number of carbonyl (C=O) groups excluding carboxylic acids is 3. The molecule has 1 heterocycles. The maximum atomic E-state index is 14.0. The average molecular weight is 492 g/mol. The highest BCUT2D eigenvalue weighted by atomic mass is 32.2. The Balaban J connectivity index is 1.51. The van der Waals surface area contributed by atoms with E-state index in [1.807, 2.05) is 0 Å². The minimum absolute atomic E-state index is 0.0393. The number of hydrogen-bond acceptors (Lipinski definition) is 6. The van der Waals surface area contributed by atoms with Crippen molar-refractivity contribution < 1.29 is 31.9 Å². The van der Waals surface area contributed by atoms with Gasteiger partial charge in [-0.3, -0.25) is 14.4 Å². The predicted octanol–water partition coefficient (Wildman–Crippen LogP) is 2.76. The third kappa shape index (κ3) is 6.17. The van der Waals surface area contributed by atoms with Gasteiger partial charge in [-0.15, -0.1) is 0 Å². The van der Waals surface area contributed by atoms with Crippen LogP contribution in [0.5, 0.6) is 0 Å². The van der Waals surface area contributed by atoms with Crippen molar-refractivity contribution in [3.05, 3.63) is 54.3 Å². The Hall–Kier alpha value is -3.31. The van der Waals surface area contributed by atoms with Crippen molar-refractivity contribution in [2.45, 2.75) is 37.7 Å². The van der Waals surface area contributed by atoms with Crippen LogP contribution >= 0.6 is 0 Å². The van der Waals surface area contributed by atoms with Gasteiger partial charge in [-0.05, 0) is 56.2 Å². The molecule has 2 amide bonds. The SMILES string of the molecule is CC(=O)Nc1ccc(NC(=O)C(C)OC(=O)C2CCN(S(=O)(=O)c3ccccc3F)CC2)cc1. The summed E-state index contributed by atoms with van der Waals surface area (Å²) in [5.41, 5.74) is 1.04. The smallest absolute Gasteiger partial charge is 0.309 e. The molecule has 1 aliphatic rings. The number of amides is 2. The Labute approximate surface area is 197 Å². The molecular formula is C23H26FN3O6S. The lowest BCUT2D eigenvalue weighted by Gasteiger charge is -2.30. The minimum atomic E-state index is -4.00. The highest BCUT2D eigenvalue weighted by Crippen LogP contribution is 2.26. The summed E-state index contributed by atoms with van der Waals surface area (Å²) in [6.45, 7) is 2.91. The standard InChI is InChI=1S/C23H26FN3O6S/c1-15(22(29)26-19-9-7-18(8-10-19)25-16(2)28)33-23(30)17-11-13-27(14-12-17)34(31,32)21-6-4-3-5-20(21)24/h3-10,15,17H,11-14H2,1-2H3,(H,25,28)(H,26,29). The van der Waals surface area contributed by atoms with Crippen LogP contribution in [-0.2, 0) is 29.1 Å². The van der Waals surface area contributed by atoms with E-state index in [9.17, 15) is 27.2 Å². The van der Waals surface area contributed by atoms with E-state index in [-0.39, 0.29) is 31.8 Å². The van der Waals surface area contributed by atoms with Crippen LogP contribution in [0.1, 0.15) is 26.7 Å². The number of esters is 1. The number of rotatable bonds is 7. The number of halogens is 1. The van der Waals surface area contributed by atoms with Crippen LogP contribution in [0.15, 0.2) is 53.4 Å². The molecule has 0 saturated carbocycles. The quantitative estimate of drug-likeness (QED) is 0.575. The van der Waals surface area contributed by atoms with Crippen molar-refractivity contribution in [1.82, 2.24) is 4.31 Å². The summed E-state index contributed by atoms with van der Waals surface area (Å²) in [7, 11) is -4.00. The third-order valence-electron chi connectivity index (χ3n) is 5.38. The summed E-state index contributed by atoms with van der Waals surface area (Å²) in [6.07, 6.45) is -0.667. The fraction of sp³-hybridized carbons (Fsp3) is 0.348. The molecule has 0 aromatic heterocycles. The Morgan fingerprint density at radius 1 is 1.00 bits per heavy atom. The van der Waals surface area contributed by atoms with Crippen LogP contribution in [0.25, 0.3) is 0 Å². The molecule has 1 unspecified atom stereocenters. The van der Waals surface area contributed by atoms with E-state index in [1.54, 1.807) is 24.3 Å². The summed E-state index contributed by atoms with van der Waals surface area (Å²) < 4.78 is 45.8. The van der Waals surface area contributed by atoms with E-state index in [4.69, 9.17) is 4.74 Å². The van der Waals surface area contributed by atoms with Crippen LogP contribution in [0.3, 0.4) is 0 Å². The zero-order chi connectivity index (χ0) is 24.9. The first-order chi connectivity index (χ1) is 16.1. The first-order valence-electron chi connectivity index (χ1n) is 10.7. The normalized spacial score (nSPS) is 15.9. The first-order valence-corrected chi connectivity index (χ1v) is 12.2. The third-order valence-corrected chi connectivity index (χ3v) is 7.31. The highest BCUT2D eigenvalue weighted by Gasteiger charge is 2.35. The largest absolute Gasteiger partial charge is 0.452 e. The van der Waals surface area contributed by atoms with Crippen molar-refractivity contribution in [2.24, 2.45) is 5.92 Å². The van der Waals surface area contributed by atoms with Crippen molar-refractivity contribution in [2.75, 3.05) is 23.7 Å². The van der Waals surface area contributed by atoms with E-state index in [0.717, 1.165) is 10.4 Å². The summed E-state index contributed by atoms with van der Waals surface area (Å²) in [5.74, 6) is -2.73. The Morgan fingerprint density at radius 2 is 1.56 bits per heavy atom. The van der Waals surface area contributed by atoms with Gasteiger partial charge in [0.05, 0.1) is 5.92 Å². The van der Waals surface area contributed by atoms with Gasteiger partial charge in [-0.2, -0.15) is 4.31 Å². The van der Waals surface area contributed by atoms with Crippen LogP contribution in [-0.4, -0.2) is 49.7 Å². The fourth-order valence-electron chi connectivity index (χ4n) is 3.53. The van der Waals surface area contributed by atoms with Gasteiger partial charge in [0.15, 0.2) is 6.10 Å². The molecule has 2 N–H and O–H groups in total. The number of ether oxygens (including phenoxy) is 1. The number of nitrogens with zero attached hydrogens (tertiary/aromatic N) is 1. The topological polar surface area (TPSA) is 122 Å². The highest BCUT2D eigenvalue weighted by molar-refractivity contribution is 7.89. The number of hydrogen-bond donors (Lipinski definition) is 2. The van der Waals surface area contributed by atoms with E-state index in [1.165, 1.54) is 32.0 Å². The number of piperidine rings is 1. The Bertz CT molecular complexity index is 1160. The maximum absolute atomic E-state index is 14.0. The molecule has 0 radical (unpaired) electrons. The lowest BCUT2D eigenvalue weighted by Crippen LogP contribution is -2.42. The average Bonchev–Trinajstić information content (AvgIpc) is 2.80. The monoisotopic (exact) mass is 491 g/mol.